The van der Waals surface area contributed by atoms with E-state index in [0.717, 1.165) is 12.8 Å². The third-order valence-corrected chi connectivity index (χ3v) is 4.99. The molecule has 3 N–H and O–H groups in total. The van der Waals surface area contributed by atoms with E-state index in [1.165, 1.54) is 24.2 Å². The fraction of sp³-hybridized carbons (Fsp3) is 0.312. The van der Waals surface area contributed by atoms with Crippen LogP contribution in [0.3, 0.4) is 0 Å². The molecule has 2 aromatic rings. The van der Waals surface area contributed by atoms with Crippen LogP contribution in [0.5, 0.6) is 0 Å². The van der Waals surface area contributed by atoms with E-state index < -0.39 is 0 Å². The van der Waals surface area contributed by atoms with Crippen LogP contribution in [0.25, 0.3) is 0 Å². The molecule has 2 aromatic heterocycles. The zero-order valence-electron chi connectivity index (χ0n) is 12.0. The van der Waals surface area contributed by atoms with Gasteiger partial charge in [0.1, 0.15) is 27.2 Å². The van der Waals surface area contributed by atoms with Gasteiger partial charge in [0.25, 0.3) is 0 Å². The molecule has 0 unspecified atom stereocenters. The maximum absolute atomic E-state index is 12.5. The van der Waals surface area contributed by atoms with Gasteiger partial charge in [-0.1, -0.05) is 18.9 Å². The van der Waals surface area contributed by atoms with Crippen LogP contribution < -0.4 is 11.1 Å². The molecule has 0 radical (unpaired) electrons. The van der Waals surface area contributed by atoms with E-state index in [2.05, 4.69) is 16.4 Å². The molecule has 2 heterocycles. The van der Waals surface area contributed by atoms with E-state index in [1.54, 1.807) is 24.4 Å². The van der Waals surface area contributed by atoms with Gasteiger partial charge in [0, 0.05) is 12.2 Å². The van der Waals surface area contributed by atoms with Gasteiger partial charge in [-0.05, 0) is 25.0 Å². The third-order valence-electron chi connectivity index (χ3n) is 3.85. The number of anilines is 2. The number of ketones is 1. The molecule has 0 spiro atoms. The second-order valence-corrected chi connectivity index (χ2v) is 6.35. The Kier molecular flexibility index (Phi) is 4.07. The molecule has 0 amide bonds. The summed E-state index contributed by atoms with van der Waals surface area (Å²) >= 11 is 1.25. The van der Waals surface area contributed by atoms with Crippen molar-refractivity contribution >= 4 is 27.8 Å². The van der Waals surface area contributed by atoms with Gasteiger partial charge in [-0.25, -0.2) is 0 Å². The van der Waals surface area contributed by atoms with E-state index in [-0.39, 0.29) is 11.5 Å². The Morgan fingerprint density at radius 2 is 2.18 bits per heavy atom. The molecule has 112 valence electrons. The van der Waals surface area contributed by atoms with Crippen LogP contribution in [0.15, 0.2) is 24.4 Å². The summed E-state index contributed by atoms with van der Waals surface area (Å²) in [6, 6.07) is 7.64. The predicted octanol–water partition coefficient (Wildman–Crippen LogP) is 3.18. The number of hydrogen-bond acceptors (Lipinski definition) is 6. The van der Waals surface area contributed by atoms with Gasteiger partial charge < -0.3 is 11.1 Å². The van der Waals surface area contributed by atoms with Crippen molar-refractivity contribution in [2.75, 3.05) is 11.1 Å². The number of carbonyl (C=O) groups is 1. The van der Waals surface area contributed by atoms with Crippen LogP contribution in [0.2, 0.25) is 0 Å². The number of nitrogens with two attached hydrogens (primary N) is 1. The number of nitrogens with zero attached hydrogens (tertiary/aromatic N) is 2. The molecule has 0 saturated heterocycles. The highest BCUT2D eigenvalue weighted by molar-refractivity contribution is 7.19. The van der Waals surface area contributed by atoms with Crippen LogP contribution in [-0.4, -0.2) is 16.8 Å². The lowest BCUT2D eigenvalue weighted by Gasteiger charge is -2.11. The maximum atomic E-state index is 12.5. The number of thiophene rings is 1. The highest BCUT2D eigenvalue weighted by Crippen LogP contribution is 2.38. The second kappa shape index (κ2) is 6.16. The summed E-state index contributed by atoms with van der Waals surface area (Å²) in [5.74, 6) is -0.237. The Bertz CT molecular complexity index is 727. The van der Waals surface area contributed by atoms with Crippen molar-refractivity contribution in [2.45, 2.75) is 31.7 Å². The van der Waals surface area contributed by atoms with Gasteiger partial charge in [-0.15, -0.1) is 11.3 Å². The van der Waals surface area contributed by atoms with Gasteiger partial charge in [0.2, 0.25) is 5.78 Å². The van der Waals surface area contributed by atoms with E-state index in [1.807, 2.05) is 0 Å². The number of carbonyl (C=O) groups excluding carboxylic acids is 1. The molecule has 0 aliphatic heterocycles. The minimum atomic E-state index is -0.237. The highest BCUT2D eigenvalue weighted by Gasteiger charge is 2.25. The normalized spacial score (nSPS) is 14.7. The van der Waals surface area contributed by atoms with Gasteiger partial charge in [-0.3, -0.25) is 9.78 Å². The minimum Gasteiger partial charge on any atom is -0.396 e. The first kappa shape index (κ1) is 14.5. The SMILES string of the molecule is N#Cc1c(NC2CCCC2)sc(C(=O)c2ccccn2)c1N. The number of nitrogens with one attached hydrogen (secondary N) is 1. The lowest BCUT2D eigenvalue weighted by atomic mass is 10.1. The minimum absolute atomic E-state index is 0.237. The molecule has 1 aliphatic rings. The standard InChI is InChI=1S/C16H16N4OS/c17-9-11-13(18)15(14(21)12-7-3-4-8-19-12)22-16(11)20-10-5-1-2-6-10/h3-4,7-8,10,20H,1-2,5-6,18H2. The summed E-state index contributed by atoms with van der Waals surface area (Å²) in [6.45, 7) is 0. The average molecular weight is 312 g/mol. The highest BCUT2D eigenvalue weighted by atomic mass is 32.1. The third kappa shape index (κ3) is 2.68. The smallest absolute Gasteiger partial charge is 0.223 e. The van der Waals surface area contributed by atoms with Crippen LogP contribution in [0.1, 0.15) is 46.6 Å². The summed E-state index contributed by atoms with van der Waals surface area (Å²) in [5.41, 5.74) is 6.99. The van der Waals surface area contributed by atoms with Crippen LogP contribution in [-0.2, 0) is 0 Å². The first-order valence-electron chi connectivity index (χ1n) is 7.25. The van der Waals surface area contributed by atoms with Gasteiger partial charge in [0.05, 0.1) is 5.69 Å². The number of nitrogen functional groups attached to an aromatic ring is 1. The van der Waals surface area contributed by atoms with Crippen LogP contribution in [0, 0.1) is 11.3 Å². The van der Waals surface area contributed by atoms with Crippen molar-refractivity contribution in [1.82, 2.24) is 4.98 Å². The molecule has 1 saturated carbocycles. The van der Waals surface area contributed by atoms with Crippen molar-refractivity contribution in [2.24, 2.45) is 0 Å². The molecule has 6 heteroatoms. The first-order valence-corrected chi connectivity index (χ1v) is 8.07. The quantitative estimate of drug-likeness (QED) is 0.846. The number of nitriles is 1. The topological polar surface area (TPSA) is 91.8 Å². The van der Waals surface area contributed by atoms with E-state index in [9.17, 15) is 10.1 Å². The number of hydrogen-bond donors (Lipinski definition) is 2. The van der Waals surface area contributed by atoms with Crippen molar-refractivity contribution in [3.05, 3.63) is 40.5 Å². The fourth-order valence-electron chi connectivity index (χ4n) is 2.69. The Morgan fingerprint density at radius 3 is 2.82 bits per heavy atom. The summed E-state index contributed by atoms with van der Waals surface area (Å²) in [4.78, 5) is 17.0. The van der Waals surface area contributed by atoms with E-state index in [4.69, 9.17) is 5.73 Å². The molecule has 0 atom stereocenters. The Balaban J connectivity index is 1.93. The molecule has 1 aliphatic carbocycles. The average Bonchev–Trinajstić information content (AvgIpc) is 3.16. The van der Waals surface area contributed by atoms with Crippen LogP contribution in [0.4, 0.5) is 10.7 Å². The van der Waals surface area contributed by atoms with Crippen molar-refractivity contribution in [3.63, 3.8) is 0 Å². The molecular weight excluding hydrogens is 296 g/mol. The molecule has 3 rings (SSSR count). The van der Waals surface area contributed by atoms with E-state index >= 15 is 0 Å². The number of rotatable bonds is 4. The summed E-state index contributed by atoms with van der Waals surface area (Å²) in [7, 11) is 0. The van der Waals surface area contributed by atoms with Gasteiger partial charge in [-0.2, -0.15) is 5.26 Å². The maximum Gasteiger partial charge on any atom is 0.223 e. The summed E-state index contributed by atoms with van der Waals surface area (Å²) in [6.07, 6.45) is 6.14. The molecular formula is C16H16N4OS. The molecule has 5 nitrogen and oxygen atoms in total. The second-order valence-electron chi connectivity index (χ2n) is 5.33. The monoisotopic (exact) mass is 312 g/mol. The van der Waals surface area contributed by atoms with Crippen molar-refractivity contribution in [3.8, 4) is 6.07 Å². The molecule has 0 bridgehead atoms. The fourth-order valence-corrected chi connectivity index (χ4v) is 3.79. The number of pyridine rings is 1. The lowest BCUT2D eigenvalue weighted by Crippen LogP contribution is -2.14. The lowest BCUT2D eigenvalue weighted by molar-refractivity contribution is 0.103. The Morgan fingerprint density at radius 1 is 1.41 bits per heavy atom. The summed E-state index contributed by atoms with van der Waals surface area (Å²) < 4.78 is 0. The number of aromatic nitrogens is 1. The van der Waals surface area contributed by atoms with Crippen molar-refractivity contribution < 1.29 is 4.79 Å². The van der Waals surface area contributed by atoms with Crippen molar-refractivity contribution in [1.29, 1.82) is 5.26 Å². The van der Waals surface area contributed by atoms with Crippen LogP contribution >= 0.6 is 11.3 Å². The molecule has 1 fully saturated rings. The molecule has 0 aromatic carbocycles. The van der Waals surface area contributed by atoms with Gasteiger partial charge >= 0.3 is 0 Å². The Hall–Kier alpha value is -2.39. The van der Waals surface area contributed by atoms with Gasteiger partial charge in [0.15, 0.2) is 0 Å². The zero-order valence-corrected chi connectivity index (χ0v) is 12.8. The Labute approximate surface area is 132 Å². The first-order chi connectivity index (χ1) is 10.7. The zero-order chi connectivity index (χ0) is 15.5. The summed E-state index contributed by atoms with van der Waals surface area (Å²) in [5, 5.41) is 13.4. The largest absolute Gasteiger partial charge is 0.396 e. The molecule has 22 heavy (non-hydrogen) atoms. The van der Waals surface area contributed by atoms with E-state index in [0.29, 0.717) is 27.2 Å². The predicted molar refractivity (Wildman–Crippen MR) is 87.0 cm³/mol.